The van der Waals surface area contributed by atoms with Gasteiger partial charge in [-0.1, -0.05) is 88.5 Å². The Balaban J connectivity index is 1.90. The highest BCUT2D eigenvalue weighted by Gasteiger charge is 2.65. The van der Waals surface area contributed by atoms with Crippen LogP contribution in [0, 0.1) is 5.92 Å². The minimum absolute atomic E-state index is 0.00417. The molecule has 1 unspecified atom stereocenters. The van der Waals surface area contributed by atoms with Gasteiger partial charge in [0, 0.05) is 6.04 Å². The van der Waals surface area contributed by atoms with Crippen LogP contribution >= 0.6 is 0 Å². The lowest BCUT2D eigenvalue weighted by molar-refractivity contribution is -0.138. The number of nitrogens with zero attached hydrogens (tertiary/aromatic N) is 2. The van der Waals surface area contributed by atoms with E-state index in [2.05, 4.69) is 36.3 Å². The highest BCUT2D eigenvalue weighted by molar-refractivity contribution is 6.76. The van der Waals surface area contributed by atoms with Crippen molar-refractivity contribution < 1.29 is 9.59 Å². The number of carbonyl (C=O) groups excluding carboxylic acids is 2. The van der Waals surface area contributed by atoms with E-state index in [1.54, 1.807) is 4.90 Å². The predicted molar refractivity (Wildman–Crippen MR) is 119 cm³/mol. The molecule has 3 amide bonds. The lowest BCUT2D eigenvalue weighted by atomic mass is 9.70. The fourth-order valence-corrected chi connectivity index (χ4v) is 8.31. The van der Waals surface area contributed by atoms with E-state index in [9.17, 15) is 9.59 Å². The average molecular weight is 413 g/mol. The molecule has 158 valence electrons. The summed E-state index contributed by atoms with van der Waals surface area (Å²) in [6.07, 6.45) is 11.0. The number of amides is 3. The summed E-state index contributed by atoms with van der Waals surface area (Å²) in [6, 6.07) is 10.3. The standard InChI is InChI=1S/C24H36N2O2Si/c1-29(2,3)26-23(28)25(21-17-11-6-12-18-21)22(27)24(26,19-13-7-4-8-14-19)20-15-9-5-10-16-20/h4,7-8,13-14,20-21H,5-6,9-12,15-18H2,1-3H3. The summed E-state index contributed by atoms with van der Waals surface area (Å²) in [4.78, 5) is 30.1. The summed E-state index contributed by atoms with van der Waals surface area (Å²) in [6.45, 7) is 6.68. The third-order valence-electron chi connectivity index (χ3n) is 7.32. The van der Waals surface area contributed by atoms with Crippen molar-refractivity contribution in [2.75, 3.05) is 0 Å². The van der Waals surface area contributed by atoms with E-state index < -0.39 is 13.8 Å². The second-order valence-electron chi connectivity index (χ2n) is 10.2. The lowest BCUT2D eigenvalue weighted by Crippen LogP contribution is -2.61. The van der Waals surface area contributed by atoms with Gasteiger partial charge in [0.15, 0.2) is 8.24 Å². The van der Waals surface area contributed by atoms with E-state index in [0.29, 0.717) is 0 Å². The molecular weight excluding hydrogens is 376 g/mol. The van der Waals surface area contributed by atoms with Crippen molar-refractivity contribution in [2.45, 2.75) is 95.4 Å². The highest BCUT2D eigenvalue weighted by atomic mass is 28.3. The topological polar surface area (TPSA) is 40.6 Å². The van der Waals surface area contributed by atoms with Gasteiger partial charge < -0.3 is 4.57 Å². The van der Waals surface area contributed by atoms with Crippen LogP contribution in [0.15, 0.2) is 30.3 Å². The van der Waals surface area contributed by atoms with Crippen LogP contribution in [0.2, 0.25) is 19.6 Å². The van der Waals surface area contributed by atoms with Crippen LogP contribution in [-0.4, -0.2) is 35.7 Å². The van der Waals surface area contributed by atoms with Crippen molar-refractivity contribution in [3.8, 4) is 0 Å². The van der Waals surface area contributed by atoms with Crippen LogP contribution in [0.5, 0.6) is 0 Å². The summed E-state index contributed by atoms with van der Waals surface area (Å²) in [5.74, 6) is 0.297. The largest absolute Gasteiger partial charge is 0.334 e. The van der Waals surface area contributed by atoms with E-state index in [1.165, 1.54) is 12.8 Å². The maximum atomic E-state index is 14.4. The molecule has 1 saturated heterocycles. The summed E-state index contributed by atoms with van der Waals surface area (Å²) < 4.78 is 2.11. The van der Waals surface area contributed by atoms with Crippen LogP contribution in [0.3, 0.4) is 0 Å². The first-order valence-corrected chi connectivity index (χ1v) is 15.1. The van der Waals surface area contributed by atoms with Gasteiger partial charge in [0.2, 0.25) is 0 Å². The zero-order valence-corrected chi connectivity index (χ0v) is 19.3. The second-order valence-corrected chi connectivity index (χ2v) is 15.0. The predicted octanol–water partition coefficient (Wildman–Crippen LogP) is 5.89. The molecule has 1 aromatic carbocycles. The molecule has 4 rings (SSSR count). The quantitative estimate of drug-likeness (QED) is 0.457. The van der Waals surface area contributed by atoms with Crippen molar-refractivity contribution in [3.63, 3.8) is 0 Å². The van der Waals surface area contributed by atoms with E-state index in [-0.39, 0.29) is 23.9 Å². The molecule has 3 fully saturated rings. The van der Waals surface area contributed by atoms with Crippen molar-refractivity contribution in [1.29, 1.82) is 0 Å². The number of benzene rings is 1. The molecule has 0 spiro atoms. The third-order valence-corrected chi connectivity index (χ3v) is 9.20. The molecule has 2 aliphatic carbocycles. The maximum absolute atomic E-state index is 14.4. The van der Waals surface area contributed by atoms with Crippen LogP contribution in [0.25, 0.3) is 0 Å². The fraction of sp³-hybridized carbons (Fsp3) is 0.667. The molecule has 0 radical (unpaired) electrons. The molecular formula is C24H36N2O2Si. The number of hydrogen-bond acceptors (Lipinski definition) is 2. The molecule has 2 saturated carbocycles. The number of rotatable bonds is 4. The summed E-state index contributed by atoms with van der Waals surface area (Å²) in [5.41, 5.74) is 0.228. The number of carbonyl (C=O) groups is 2. The summed E-state index contributed by atoms with van der Waals surface area (Å²) in [7, 11) is -2.12. The van der Waals surface area contributed by atoms with Crippen LogP contribution < -0.4 is 0 Å². The van der Waals surface area contributed by atoms with Crippen molar-refractivity contribution in [3.05, 3.63) is 35.9 Å². The Bertz CT molecular complexity index is 748. The first kappa shape index (κ1) is 20.6. The molecule has 1 aromatic rings. The van der Waals surface area contributed by atoms with Gasteiger partial charge in [-0.15, -0.1) is 0 Å². The molecule has 1 heterocycles. The van der Waals surface area contributed by atoms with E-state index >= 15 is 0 Å². The van der Waals surface area contributed by atoms with Crippen LogP contribution in [0.1, 0.15) is 69.8 Å². The Kier molecular flexibility index (Phi) is 5.62. The Morgan fingerprint density at radius 2 is 1.38 bits per heavy atom. The lowest BCUT2D eigenvalue weighted by Gasteiger charge is -2.48. The second kappa shape index (κ2) is 7.90. The Hall–Kier alpha value is -1.62. The number of hydrogen-bond donors (Lipinski definition) is 0. The zero-order chi connectivity index (χ0) is 20.6. The Labute approximate surface area is 176 Å². The first-order chi connectivity index (χ1) is 13.9. The monoisotopic (exact) mass is 412 g/mol. The van der Waals surface area contributed by atoms with Gasteiger partial charge in [0.05, 0.1) is 0 Å². The van der Waals surface area contributed by atoms with Crippen LogP contribution in [0.4, 0.5) is 4.79 Å². The molecule has 0 bridgehead atoms. The normalized spacial score (nSPS) is 27.7. The Morgan fingerprint density at radius 3 is 1.93 bits per heavy atom. The minimum atomic E-state index is -2.12. The van der Waals surface area contributed by atoms with E-state index in [0.717, 1.165) is 56.9 Å². The molecule has 29 heavy (non-hydrogen) atoms. The number of urea groups is 1. The molecule has 4 nitrogen and oxygen atoms in total. The molecule has 0 N–H and O–H groups in total. The molecule has 0 aromatic heterocycles. The minimum Gasteiger partial charge on any atom is -0.334 e. The first-order valence-electron chi connectivity index (χ1n) is 11.6. The molecule has 1 atom stereocenters. The third kappa shape index (κ3) is 3.35. The van der Waals surface area contributed by atoms with Crippen molar-refractivity contribution >= 4 is 20.2 Å². The smallest absolute Gasteiger partial charge is 0.320 e. The van der Waals surface area contributed by atoms with Crippen molar-refractivity contribution in [2.24, 2.45) is 5.92 Å². The van der Waals surface area contributed by atoms with Crippen LogP contribution in [-0.2, 0) is 10.3 Å². The van der Waals surface area contributed by atoms with Gasteiger partial charge in [-0.25, -0.2) is 4.79 Å². The highest BCUT2D eigenvalue weighted by Crippen LogP contribution is 2.51. The Morgan fingerprint density at radius 1 is 0.828 bits per heavy atom. The van der Waals surface area contributed by atoms with E-state index in [1.807, 2.05) is 18.2 Å². The van der Waals surface area contributed by atoms with Crippen molar-refractivity contribution in [1.82, 2.24) is 9.47 Å². The molecule has 5 heteroatoms. The molecule has 1 aliphatic heterocycles. The average Bonchev–Trinajstić information content (AvgIpc) is 2.97. The maximum Gasteiger partial charge on any atom is 0.320 e. The van der Waals surface area contributed by atoms with Gasteiger partial charge in [0.25, 0.3) is 5.91 Å². The summed E-state index contributed by atoms with van der Waals surface area (Å²) in [5, 5.41) is 0. The zero-order valence-electron chi connectivity index (χ0n) is 18.3. The van der Waals surface area contributed by atoms with Gasteiger partial charge in [-0.05, 0) is 37.2 Å². The van der Waals surface area contributed by atoms with E-state index in [4.69, 9.17) is 0 Å². The fourth-order valence-electron chi connectivity index (χ4n) is 6.16. The van der Waals surface area contributed by atoms with Gasteiger partial charge in [-0.3, -0.25) is 9.69 Å². The SMILES string of the molecule is C[Si](C)(C)N1C(=O)N(C2CCCCC2)C(=O)C1(c1ccccc1)C1CCCCC1. The number of imide groups is 1. The van der Waals surface area contributed by atoms with Gasteiger partial charge in [0.1, 0.15) is 5.54 Å². The molecule has 3 aliphatic rings. The van der Waals surface area contributed by atoms with Gasteiger partial charge in [-0.2, -0.15) is 0 Å². The summed E-state index contributed by atoms with van der Waals surface area (Å²) >= 11 is 0. The van der Waals surface area contributed by atoms with Gasteiger partial charge >= 0.3 is 6.03 Å².